The molecule has 0 saturated carbocycles. The van der Waals surface area contributed by atoms with Gasteiger partial charge in [-0.1, -0.05) is 5.10 Å². The SMILES string of the molecule is COc1cc(F)ccc1Nc1nnc(CNC(C)(C)C)o1. The molecule has 21 heavy (non-hydrogen) atoms. The van der Waals surface area contributed by atoms with Gasteiger partial charge in [0.15, 0.2) is 0 Å². The molecular weight excluding hydrogens is 275 g/mol. The fourth-order valence-electron chi connectivity index (χ4n) is 1.60. The third kappa shape index (κ3) is 4.42. The minimum atomic E-state index is -0.377. The number of hydrogen-bond acceptors (Lipinski definition) is 6. The maximum Gasteiger partial charge on any atom is 0.320 e. The van der Waals surface area contributed by atoms with Gasteiger partial charge in [-0.05, 0) is 32.9 Å². The lowest BCUT2D eigenvalue weighted by atomic mass is 10.1. The Labute approximate surface area is 122 Å². The van der Waals surface area contributed by atoms with Gasteiger partial charge in [-0.3, -0.25) is 0 Å². The first-order valence-electron chi connectivity index (χ1n) is 6.55. The van der Waals surface area contributed by atoms with E-state index in [4.69, 9.17) is 9.15 Å². The molecule has 114 valence electrons. The second-order valence-electron chi connectivity index (χ2n) is 5.57. The quantitative estimate of drug-likeness (QED) is 0.883. The summed E-state index contributed by atoms with van der Waals surface area (Å²) in [5.74, 6) is 0.453. The highest BCUT2D eigenvalue weighted by molar-refractivity contribution is 5.61. The molecule has 0 aliphatic carbocycles. The molecule has 6 nitrogen and oxygen atoms in total. The van der Waals surface area contributed by atoms with Crippen LogP contribution in [0.5, 0.6) is 5.75 Å². The van der Waals surface area contributed by atoms with Crippen molar-refractivity contribution in [2.75, 3.05) is 12.4 Å². The minimum absolute atomic E-state index is 0.0394. The van der Waals surface area contributed by atoms with Crippen LogP contribution in [0.25, 0.3) is 0 Å². The molecule has 0 aliphatic rings. The molecule has 0 aliphatic heterocycles. The summed E-state index contributed by atoms with van der Waals surface area (Å²) < 4.78 is 23.7. The predicted molar refractivity (Wildman–Crippen MR) is 77.1 cm³/mol. The van der Waals surface area contributed by atoms with Crippen LogP contribution in [0.3, 0.4) is 0 Å². The van der Waals surface area contributed by atoms with Crippen molar-refractivity contribution in [1.82, 2.24) is 15.5 Å². The number of methoxy groups -OCH3 is 1. The van der Waals surface area contributed by atoms with E-state index in [0.29, 0.717) is 23.9 Å². The second-order valence-corrected chi connectivity index (χ2v) is 5.57. The lowest BCUT2D eigenvalue weighted by molar-refractivity contribution is 0.384. The Kier molecular flexibility index (Phi) is 4.42. The van der Waals surface area contributed by atoms with Gasteiger partial charge in [0.1, 0.15) is 11.6 Å². The van der Waals surface area contributed by atoms with E-state index in [-0.39, 0.29) is 17.4 Å². The van der Waals surface area contributed by atoms with Gasteiger partial charge in [-0.25, -0.2) is 4.39 Å². The molecule has 1 heterocycles. The smallest absolute Gasteiger partial charge is 0.320 e. The van der Waals surface area contributed by atoms with Crippen molar-refractivity contribution < 1.29 is 13.5 Å². The Hall–Kier alpha value is -2.15. The largest absolute Gasteiger partial charge is 0.494 e. The number of nitrogens with one attached hydrogen (secondary N) is 2. The molecule has 0 radical (unpaired) electrons. The molecular formula is C14H19FN4O2. The van der Waals surface area contributed by atoms with Gasteiger partial charge < -0.3 is 19.8 Å². The fourth-order valence-corrected chi connectivity index (χ4v) is 1.60. The average molecular weight is 294 g/mol. The lowest BCUT2D eigenvalue weighted by Gasteiger charge is -2.18. The van der Waals surface area contributed by atoms with E-state index in [1.54, 1.807) is 6.07 Å². The molecule has 0 saturated heterocycles. The summed E-state index contributed by atoms with van der Waals surface area (Å²) in [6.07, 6.45) is 0. The number of aromatic nitrogens is 2. The van der Waals surface area contributed by atoms with Crippen molar-refractivity contribution in [2.24, 2.45) is 0 Å². The van der Waals surface area contributed by atoms with Crippen molar-refractivity contribution in [3.8, 4) is 5.75 Å². The first kappa shape index (κ1) is 15.2. The molecule has 0 spiro atoms. The number of halogens is 1. The van der Waals surface area contributed by atoms with E-state index < -0.39 is 0 Å². The monoisotopic (exact) mass is 294 g/mol. The van der Waals surface area contributed by atoms with E-state index in [9.17, 15) is 4.39 Å². The van der Waals surface area contributed by atoms with Crippen molar-refractivity contribution in [3.05, 3.63) is 29.9 Å². The highest BCUT2D eigenvalue weighted by Gasteiger charge is 2.13. The van der Waals surface area contributed by atoms with E-state index >= 15 is 0 Å². The van der Waals surface area contributed by atoms with E-state index in [1.165, 1.54) is 19.2 Å². The topological polar surface area (TPSA) is 72.2 Å². The highest BCUT2D eigenvalue weighted by atomic mass is 19.1. The van der Waals surface area contributed by atoms with Gasteiger partial charge in [-0.15, -0.1) is 5.10 Å². The highest BCUT2D eigenvalue weighted by Crippen LogP contribution is 2.27. The maximum absolute atomic E-state index is 13.1. The molecule has 2 rings (SSSR count). The number of ether oxygens (including phenoxy) is 1. The number of anilines is 2. The Balaban J connectivity index is 2.06. The number of hydrogen-bond donors (Lipinski definition) is 2. The van der Waals surface area contributed by atoms with E-state index in [0.717, 1.165) is 0 Å². The average Bonchev–Trinajstić information content (AvgIpc) is 2.85. The van der Waals surface area contributed by atoms with Crippen LogP contribution in [0.1, 0.15) is 26.7 Å². The molecule has 2 aromatic rings. The van der Waals surface area contributed by atoms with Crippen LogP contribution in [-0.2, 0) is 6.54 Å². The van der Waals surface area contributed by atoms with Crippen LogP contribution < -0.4 is 15.4 Å². The summed E-state index contributed by atoms with van der Waals surface area (Å²) in [5, 5.41) is 14.0. The molecule has 2 N–H and O–H groups in total. The van der Waals surface area contributed by atoms with Crippen LogP contribution >= 0.6 is 0 Å². The molecule has 0 unspecified atom stereocenters. The van der Waals surface area contributed by atoms with Crippen LogP contribution in [0.4, 0.5) is 16.1 Å². The summed E-state index contributed by atoms with van der Waals surface area (Å²) >= 11 is 0. The zero-order valence-corrected chi connectivity index (χ0v) is 12.5. The summed E-state index contributed by atoms with van der Waals surface area (Å²) in [7, 11) is 1.46. The molecule has 0 atom stereocenters. The zero-order valence-electron chi connectivity index (χ0n) is 12.5. The maximum atomic E-state index is 13.1. The predicted octanol–water partition coefficient (Wildman–Crippen LogP) is 2.85. The van der Waals surface area contributed by atoms with Crippen molar-refractivity contribution in [2.45, 2.75) is 32.9 Å². The van der Waals surface area contributed by atoms with Crippen molar-refractivity contribution in [1.29, 1.82) is 0 Å². The van der Waals surface area contributed by atoms with Gasteiger partial charge in [0, 0.05) is 11.6 Å². The number of benzene rings is 1. The van der Waals surface area contributed by atoms with Gasteiger partial charge >= 0.3 is 6.01 Å². The van der Waals surface area contributed by atoms with Crippen LogP contribution in [0, 0.1) is 5.82 Å². The third-order valence-corrected chi connectivity index (χ3v) is 2.64. The Morgan fingerprint density at radius 1 is 1.29 bits per heavy atom. The number of nitrogens with zero attached hydrogens (tertiary/aromatic N) is 2. The molecule has 0 bridgehead atoms. The summed E-state index contributed by atoms with van der Waals surface area (Å²) in [6.45, 7) is 6.61. The zero-order chi connectivity index (χ0) is 15.5. The first-order chi connectivity index (χ1) is 9.87. The Bertz CT molecular complexity index is 607. The molecule has 7 heteroatoms. The first-order valence-corrected chi connectivity index (χ1v) is 6.55. The van der Waals surface area contributed by atoms with E-state index in [2.05, 4.69) is 20.8 Å². The number of rotatable bonds is 5. The van der Waals surface area contributed by atoms with Crippen LogP contribution in [0.15, 0.2) is 22.6 Å². The van der Waals surface area contributed by atoms with Gasteiger partial charge in [0.25, 0.3) is 0 Å². The molecule has 1 aromatic heterocycles. The van der Waals surface area contributed by atoms with Gasteiger partial charge in [-0.2, -0.15) is 0 Å². The Morgan fingerprint density at radius 2 is 2.05 bits per heavy atom. The Morgan fingerprint density at radius 3 is 2.71 bits per heavy atom. The fraction of sp³-hybridized carbons (Fsp3) is 0.429. The van der Waals surface area contributed by atoms with Crippen LogP contribution in [-0.4, -0.2) is 22.8 Å². The molecule has 0 fully saturated rings. The van der Waals surface area contributed by atoms with Crippen molar-refractivity contribution in [3.63, 3.8) is 0 Å². The van der Waals surface area contributed by atoms with Crippen molar-refractivity contribution >= 4 is 11.7 Å². The third-order valence-electron chi connectivity index (χ3n) is 2.64. The summed E-state index contributed by atoms with van der Waals surface area (Å²) in [5.41, 5.74) is 0.514. The van der Waals surface area contributed by atoms with Gasteiger partial charge in [0.05, 0.1) is 19.3 Å². The summed E-state index contributed by atoms with van der Waals surface area (Å²) in [4.78, 5) is 0. The lowest BCUT2D eigenvalue weighted by Crippen LogP contribution is -2.35. The summed E-state index contributed by atoms with van der Waals surface area (Å²) in [6, 6.07) is 4.38. The van der Waals surface area contributed by atoms with Gasteiger partial charge in [0.2, 0.25) is 5.89 Å². The minimum Gasteiger partial charge on any atom is -0.494 e. The normalized spacial score (nSPS) is 11.5. The molecule has 0 amide bonds. The molecule has 1 aromatic carbocycles. The standard InChI is InChI=1S/C14H19FN4O2/c1-14(2,3)16-8-12-18-19-13(21-12)17-10-6-5-9(15)7-11(10)20-4/h5-7,16H,8H2,1-4H3,(H,17,19). The second kappa shape index (κ2) is 6.09. The van der Waals surface area contributed by atoms with E-state index in [1.807, 2.05) is 20.8 Å². The van der Waals surface area contributed by atoms with Crippen LogP contribution in [0.2, 0.25) is 0 Å².